The minimum Gasteiger partial charge on any atom is -0.464 e. The van der Waals surface area contributed by atoms with Crippen molar-refractivity contribution in [2.45, 2.75) is 30.5 Å². The monoisotopic (exact) mass is 412 g/mol. The summed E-state index contributed by atoms with van der Waals surface area (Å²) in [4.78, 5) is 19.3. The van der Waals surface area contributed by atoms with Crippen molar-refractivity contribution in [3.05, 3.63) is 70.3 Å². The lowest BCUT2D eigenvalue weighted by atomic mass is 10.1. The molecule has 4 aromatic rings. The number of thioether (sulfide) groups is 1. The van der Waals surface area contributed by atoms with Crippen molar-refractivity contribution < 1.29 is 13.6 Å². The summed E-state index contributed by atoms with van der Waals surface area (Å²) in [6.45, 7) is 4.26. The molecule has 0 saturated carbocycles. The molecule has 0 spiro atoms. The number of carbonyl (C=O) groups excluding carboxylic acids is 1. The normalized spacial score (nSPS) is 11.2. The van der Waals surface area contributed by atoms with Gasteiger partial charge in [-0.3, -0.25) is 4.79 Å². The Bertz CT molecular complexity index is 1130. The van der Waals surface area contributed by atoms with E-state index in [0.717, 1.165) is 38.1 Å². The number of rotatable bonds is 6. The van der Waals surface area contributed by atoms with Gasteiger partial charge in [0.15, 0.2) is 5.76 Å². The quantitative estimate of drug-likeness (QED) is 0.382. The van der Waals surface area contributed by atoms with E-state index in [0.29, 0.717) is 18.1 Å². The third-order valence-corrected chi connectivity index (χ3v) is 6.53. The van der Waals surface area contributed by atoms with Gasteiger partial charge in [0.05, 0.1) is 6.54 Å². The van der Waals surface area contributed by atoms with E-state index in [2.05, 4.69) is 4.98 Å². The molecular weight excluding hydrogens is 392 g/mol. The molecule has 3 heterocycles. The number of thiazole rings is 1. The minimum absolute atomic E-state index is 0.156. The Morgan fingerprint density at radius 2 is 2.00 bits per heavy atom. The van der Waals surface area contributed by atoms with Gasteiger partial charge in [0.2, 0.25) is 0 Å². The summed E-state index contributed by atoms with van der Waals surface area (Å²) in [5, 5.41) is 3.00. The third kappa shape index (κ3) is 3.86. The van der Waals surface area contributed by atoms with E-state index < -0.39 is 0 Å². The highest BCUT2D eigenvalue weighted by atomic mass is 32.2. The molecule has 0 unspecified atom stereocenters. The zero-order chi connectivity index (χ0) is 19.7. The highest BCUT2D eigenvalue weighted by Crippen LogP contribution is 2.33. The molecule has 144 valence electrons. The second kappa shape index (κ2) is 7.85. The van der Waals surface area contributed by atoms with Crippen molar-refractivity contribution in [2.24, 2.45) is 0 Å². The number of furan rings is 2. The lowest BCUT2D eigenvalue weighted by Crippen LogP contribution is -2.26. The maximum Gasteiger partial charge on any atom is 0.290 e. The van der Waals surface area contributed by atoms with Crippen LogP contribution in [0.15, 0.2) is 55.0 Å². The van der Waals surface area contributed by atoms with E-state index >= 15 is 0 Å². The Kier molecular flexibility index (Phi) is 5.28. The second-order valence-electron chi connectivity index (χ2n) is 6.62. The van der Waals surface area contributed by atoms with Gasteiger partial charge in [0.1, 0.15) is 21.4 Å². The summed E-state index contributed by atoms with van der Waals surface area (Å²) in [6, 6.07) is 11.5. The van der Waals surface area contributed by atoms with E-state index in [1.807, 2.05) is 55.6 Å². The summed E-state index contributed by atoms with van der Waals surface area (Å²) >= 11 is 3.24. The fourth-order valence-corrected chi connectivity index (χ4v) is 4.87. The Labute approximate surface area is 171 Å². The number of hydrogen-bond acceptors (Lipinski definition) is 6. The summed E-state index contributed by atoms with van der Waals surface area (Å²) in [5.74, 6) is 2.43. The van der Waals surface area contributed by atoms with Crippen molar-refractivity contribution in [2.75, 3.05) is 7.05 Å². The number of fused-ring (bicyclic) bond motifs is 1. The number of aromatic nitrogens is 1. The number of nitrogens with zero attached hydrogens (tertiary/aromatic N) is 2. The van der Waals surface area contributed by atoms with Crippen molar-refractivity contribution in [3.63, 3.8) is 0 Å². The van der Waals surface area contributed by atoms with E-state index in [1.54, 1.807) is 35.0 Å². The van der Waals surface area contributed by atoms with Crippen molar-refractivity contribution in [3.8, 4) is 0 Å². The van der Waals surface area contributed by atoms with Crippen LogP contribution in [0.1, 0.15) is 33.3 Å². The molecule has 0 aliphatic heterocycles. The zero-order valence-electron chi connectivity index (χ0n) is 15.9. The molecule has 0 aliphatic rings. The Morgan fingerprint density at radius 1 is 1.18 bits per heavy atom. The maximum absolute atomic E-state index is 13.1. The molecule has 3 aromatic heterocycles. The van der Waals surface area contributed by atoms with Crippen LogP contribution in [0.5, 0.6) is 0 Å². The molecule has 0 radical (unpaired) electrons. The fraction of sp³-hybridized carbons (Fsp3) is 0.238. The van der Waals surface area contributed by atoms with Crippen LogP contribution in [0.3, 0.4) is 0 Å². The van der Waals surface area contributed by atoms with Crippen LogP contribution >= 0.6 is 23.1 Å². The van der Waals surface area contributed by atoms with Gasteiger partial charge in [-0.2, -0.15) is 0 Å². The molecule has 0 aliphatic carbocycles. The molecule has 4 rings (SSSR count). The SMILES string of the molecule is Cc1csc(SCc2c(C(=O)N(C)Cc3ccc(C)o3)oc3ccccc23)n1. The number of carbonyl (C=O) groups is 1. The molecule has 0 N–H and O–H groups in total. The van der Waals surface area contributed by atoms with Gasteiger partial charge < -0.3 is 13.7 Å². The van der Waals surface area contributed by atoms with Gasteiger partial charge in [0.25, 0.3) is 5.91 Å². The average Bonchev–Trinajstić information content (AvgIpc) is 3.38. The summed E-state index contributed by atoms with van der Waals surface area (Å²) < 4.78 is 12.6. The molecule has 0 bridgehead atoms. The second-order valence-corrected chi connectivity index (χ2v) is 8.70. The summed E-state index contributed by atoms with van der Waals surface area (Å²) in [6.07, 6.45) is 0. The largest absolute Gasteiger partial charge is 0.464 e. The molecule has 0 fully saturated rings. The number of hydrogen-bond donors (Lipinski definition) is 0. The summed E-state index contributed by atoms with van der Waals surface area (Å²) in [7, 11) is 1.76. The zero-order valence-corrected chi connectivity index (χ0v) is 17.5. The molecule has 0 saturated heterocycles. The summed E-state index contributed by atoms with van der Waals surface area (Å²) in [5.41, 5.74) is 2.63. The van der Waals surface area contributed by atoms with E-state index in [9.17, 15) is 4.79 Å². The van der Waals surface area contributed by atoms with E-state index in [-0.39, 0.29) is 5.91 Å². The van der Waals surface area contributed by atoms with E-state index in [4.69, 9.17) is 8.83 Å². The van der Waals surface area contributed by atoms with Crippen molar-refractivity contribution in [1.82, 2.24) is 9.88 Å². The average molecular weight is 413 g/mol. The minimum atomic E-state index is -0.156. The van der Waals surface area contributed by atoms with Crippen LogP contribution in [0.25, 0.3) is 11.0 Å². The predicted octanol–water partition coefficient (Wildman–Crippen LogP) is 5.66. The van der Waals surface area contributed by atoms with Crippen LogP contribution in [0.4, 0.5) is 0 Å². The number of para-hydroxylation sites is 1. The molecular formula is C21H20N2O3S2. The molecule has 7 heteroatoms. The predicted molar refractivity (Wildman–Crippen MR) is 112 cm³/mol. The smallest absolute Gasteiger partial charge is 0.290 e. The Morgan fingerprint density at radius 3 is 2.71 bits per heavy atom. The van der Waals surface area contributed by atoms with Crippen LogP contribution < -0.4 is 0 Å². The maximum atomic E-state index is 13.1. The highest BCUT2D eigenvalue weighted by molar-refractivity contribution is 8.00. The van der Waals surface area contributed by atoms with Crippen molar-refractivity contribution in [1.29, 1.82) is 0 Å². The van der Waals surface area contributed by atoms with Crippen LogP contribution in [0, 0.1) is 13.8 Å². The third-order valence-electron chi connectivity index (χ3n) is 4.37. The van der Waals surface area contributed by atoms with Crippen LogP contribution in [-0.4, -0.2) is 22.8 Å². The Hall–Kier alpha value is -2.51. The fourth-order valence-electron chi connectivity index (χ4n) is 3.00. The first-order valence-corrected chi connectivity index (χ1v) is 10.7. The van der Waals surface area contributed by atoms with Gasteiger partial charge >= 0.3 is 0 Å². The lowest BCUT2D eigenvalue weighted by molar-refractivity contribution is 0.0744. The van der Waals surface area contributed by atoms with Gasteiger partial charge in [0, 0.05) is 34.8 Å². The van der Waals surface area contributed by atoms with Crippen LogP contribution in [0.2, 0.25) is 0 Å². The topological polar surface area (TPSA) is 59.5 Å². The first-order valence-electron chi connectivity index (χ1n) is 8.87. The van der Waals surface area contributed by atoms with E-state index in [1.165, 1.54) is 0 Å². The molecule has 1 aromatic carbocycles. The van der Waals surface area contributed by atoms with Crippen molar-refractivity contribution >= 4 is 40.0 Å². The first-order chi connectivity index (χ1) is 13.5. The number of aryl methyl sites for hydroxylation is 2. The standard InChI is InChI=1S/C21H20N2O3S2/c1-13-11-27-21(22-13)28-12-17-16-6-4-5-7-18(16)26-19(17)20(24)23(3)10-15-9-8-14(2)25-15/h4-9,11H,10,12H2,1-3H3. The Balaban J connectivity index is 1.62. The molecule has 28 heavy (non-hydrogen) atoms. The number of amides is 1. The van der Waals surface area contributed by atoms with Gasteiger partial charge in [-0.1, -0.05) is 30.0 Å². The molecule has 0 atom stereocenters. The van der Waals surface area contributed by atoms with Gasteiger partial charge in [-0.25, -0.2) is 4.98 Å². The number of benzene rings is 1. The first kappa shape index (κ1) is 18.8. The molecule has 1 amide bonds. The highest BCUT2D eigenvalue weighted by Gasteiger charge is 2.24. The molecule has 5 nitrogen and oxygen atoms in total. The van der Waals surface area contributed by atoms with Crippen LogP contribution in [-0.2, 0) is 12.3 Å². The van der Waals surface area contributed by atoms with Gasteiger partial charge in [-0.15, -0.1) is 11.3 Å². The van der Waals surface area contributed by atoms with Gasteiger partial charge in [-0.05, 0) is 32.0 Å². The lowest BCUT2D eigenvalue weighted by Gasteiger charge is -2.15.